The highest BCUT2D eigenvalue weighted by molar-refractivity contribution is 5.88. The summed E-state index contributed by atoms with van der Waals surface area (Å²) in [4.78, 5) is 11.5. The third-order valence-electron chi connectivity index (χ3n) is 3.67. The number of nitrogens with one attached hydrogen (secondary N) is 1. The number of esters is 1. The van der Waals surface area contributed by atoms with Crippen molar-refractivity contribution in [1.82, 2.24) is 5.32 Å². The van der Waals surface area contributed by atoms with Gasteiger partial charge in [0.25, 0.3) is 0 Å². The van der Waals surface area contributed by atoms with Crippen molar-refractivity contribution >= 4 is 5.97 Å². The highest BCUT2D eigenvalue weighted by atomic mass is 16.5. The molecule has 1 atom stereocenters. The predicted molar refractivity (Wildman–Crippen MR) is 75.9 cm³/mol. The summed E-state index contributed by atoms with van der Waals surface area (Å²) in [5.74, 6) is -0.226. The Morgan fingerprint density at radius 3 is 3.00 bits per heavy atom. The van der Waals surface area contributed by atoms with Crippen molar-refractivity contribution < 1.29 is 9.53 Å². The lowest BCUT2D eigenvalue weighted by atomic mass is 10.1. The van der Waals surface area contributed by atoms with Crippen LogP contribution in [-0.2, 0) is 16.0 Å². The van der Waals surface area contributed by atoms with Crippen LogP contribution in [0.3, 0.4) is 0 Å². The van der Waals surface area contributed by atoms with Gasteiger partial charge in [0.1, 0.15) is 0 Å². The molecule has 0 spiro atoms. The second-order valence-electron chi connectivity index (χ2n) is 4.77. The SMILES string of the molecule is CC/C(=C/CNC1CCc2ccccc21)C(=O)OC. The van der Waals surface area contributed by atoms with Crippen LogP contribution in [0.15, 0.2) is 35.9 Å². The van der Waals surface area contributed by atoms with Crippen LogP contribution in [0, 0.1) is 0 Å². The Hall–Kier alpha value is -1.61. The number of hydrogen-bond donors (Lipinski definition) is 1. The molecular weight excluding hydrogens is 238 g/mol. The van der Waals surface area contributed by atoms with E-state index in [4.69, 9.17) is 4.74 Å². The van der Waals surface area contributed by atoms with Crippen molar-refractivity contribution in [2.45, 2.75) is 32.2 Å². The fourth-order valence-corrected chi connectivity index (χ4v) is 2.60. The van der Waals surface area contributed by atoms with E-state index in [0.717, 1.165) is 18.4 Å². The molecule has 0 amide bonds. The lowest BCUT2D eigenvalue weighted by Crippen LogP contribution is -2.20. The van der Waals surface area contributed by atoms with Crippen LogP contribution in [0.4, 0.5) is 0 Å². The molecule has 0 aromatic heterocycles. The zero-order chi connectivity index (χ0) is 13.7. The molecule has 1 unspecified atom stereocenters. The molecule has 1 aliphatic carbocycles. The second kappa shape index (κ2) is 6.53. The molecule has 0 fully saturated rings. The van der Waals surface area contributed by atoms with Crippen LogP contribution in [-0.4, -0.2) is 19.6 Å². The fraction of sp³-hybridized carbons (Fsp3) is 0.438. The van der Waals surface area contributed by atoms with Crippen molar-refractivity contribution in [3.05, 3.63) is 47.0 Å². The van der Waals surface area contributed by atoms with E-state index in [-0.39, 0.29) is 5.97 Å². The van der Waals surface area contributed by atoms with E-state index in [9.17, 15) is 4.79 Å². The molecule has 3 heteroatoms. The maximum Gasteiger partial charge on any atom is 0.333 e. The van der Waals surface area contributed by atoms with Gasteiger partial charge in [-0.15, -0.1) is 0 Å². The van der Waals surface area contributed by atoms with Crippen molar-refractivity contribution in [3.63, 3.8) is 0 Å². The highest BCUT2D eigenvalue weighted by Crippen LogP contribution is 2.30. The van der Waals surface area contributed by atoms with Crippen LogP contribution >= 0.6 is 0 Å². The van der Waals surface area contributed by atoms with E-state index in [1.807, 2.05) is 13.0 Å². The van der Waals surface area contributed by atoms with Crippen LogP contribution in [0.1, 0.15) is 36.9 Å². The Labute approximate surface area is 114 Å². The lowest BCUT2D eigenvalue weighted by Gasteiger charge is -2.12. The van der Waals surface area contributed by atoms with Crippen molar-refractivity contribution in [3.8, 4) is 0 Å². The summed E-state index contributed by atoms with van der Waals surface area (Å²) < 4.78 is 4.75. The number of benzene rings is 1. The van der Waals surface area contributed by atoms with Gasteiger partial charge in [-0.2, -0.15) is 0 Å². The lowest BCUT2D eigenvalue weighted by molar-refractivity contribution is -0.136. The molecule has 0 radical (unpaired) electrons. The molecule has 3 nitrogen and oxygen atoms in total. The molecule has 1 N–H and O–H groups in total. The molecule has 0 saturated heterocycles. The normalized spacial score (nSPS) is 18.2. The molecule has 1 aliphatic rings. The monoisotopic (exact) mass is 259 g/mol. The number of carbonyl (C=O) groups excluding carboxylic acids is 1. The van der Waals surface area contributed by atoms with Gasteiger partial charge in [0, 0.05) is 18.2 Å². The summed E-state index contributed by atoms with van der Waals surface area (Å²) in [6, 6.07) is 8.96. The van der Waals surface area contributed by atoms with Gasteiger partial charge >= 0.3 is 5.97 Å². The molecule has 19 heavy (non-hydrogen) atoms. The van der Waals surface area contributed by atoms with Gasteiger partial charge in [-0.05, 0) is 30.4 Å². The van der Waals surface area contributed by atoms with E-state index in [1.54, 1.807) is 0 Å². The smallest absolute Gasteiger partial charge is 0.333 e. The molecule has 0 heterocycles. The van der Waals surface area contributed by atoms with Gasteiger partial charge in [0.2, 0.25) is 0 Å². The first kappa shape index (κ1) is 13.8. The summed E-state index contributed by atoms with van der Waals surface area (Å²) in [5.41, 5.74) is 3.57. The van der Waals surface area contributed by atoms with Gasteiger partial charge in [-0.1, -0.05) is 37.3 Å². The highest BCUT2D eigenvalue weighted by Gasteiger charge is 2.20. The first-order chi connectivity index (χ1) is 9.26. The van der Waals surface area contributed by atoms with Gasteiger partial charge in [0.05, 0.1) is 7.11 Å². The van der Waals surface area contributed by atoms with E-state index < -0.39 is 0 Å². The fourth-order valence-electron chi connectivity index (χ4n) is 2.60. The van der Waals surface area contributed by atoms with Gasteiger partial charge in [0.15, 0.2) is 0 Å². The molecule has 2 rings (SSSR count). The average Bonchev–Trinajstić information content (AvgIpc) is 2.86. The largest absolute Gasteiger partial charge is 0.466 e. The first-order valence-electron chi connectivity index (χ1n) is 6.84. The summed E-state index contributed by atoms with van der Waals surface area (Å²) in [6.45, 7) is 2.67. The maximum absolute atomic E-state index is 11.5. The number of methoxy groups -OCH3 is 1. The number of ether oxygens (including phenoxy) is 1. The van der Waals surface area contributed by atoms with Crippen LogP contribution < -0.4 is 5.32 Å². The number of aryl methyl sites for hydroxylation is 1. The first-order valence-corrected chi connectivity index (χ1v) is 6.84. The third kappa shape index (κ3) is 3.24. The number of rotatable bonds is 5. The number of carbonyl (C=O) groups is 1. The van der Waals surface area contributed by atoms with E-state index in [0.29, 0.717) is 19.0 Å². The standard InChI is InChI=1S/C16H21NO2/c1-3-12(16(18)19-2)10-11-17-15-9-8-13-6-4-5-7-14(13)15/h4-7,10,15,17H,3,8-9,11H2,1-2H3/b12-10-. The van der Waals surface area contributed by atoms with Crippen molar-refractivity contribution in [2.24, 2.45) is 0 Å². The minimum atomic E-state index is -0.226. The molecule has 0 saturated carbocycles. The van der Waals surface area contributed by atoms with Crippen LogP contribution in [0.5, 0.6) is 0 Å². The minimum Gasteiger partial charge on any atom is -0.466 e. The molecule has 1 aromatic rings. The van der Waals surface area contributed by atoms with E-state index in [2.05, 4.69) is 29.6 Å². The molecule has 1 aromatic carbocycles. The Kier molecular flexibility index (Phi) is 4.74. The van der Waals surface area contributed by atoms with Gasteiger partial charge in [-0.3, -0.25) is 0 Å². The molecule has 0 bridgehead atoms. The Bertz CT molecular complexity index is 479. The summed E-state index contributed by atoms with van der Waals surface area (Å²) >= 11 is 0. The third-order valence-corrected chi connectivity index (χ3v) is 3.67. The van der Waals surface area contributed by atoms with Crippen LogP contribution in [0.25, 0.3) is 0 Å². The maximum atomic E-state index is 11.5. The van der Waals surface area contributed by atoms with Crippen molar-refractivity contribution in [1.29, 1.82) is 0 Å². The van der Waals surface area contributed by atoms with E-state index in [1.165, 1.54) is 18.2 Å². The van der Waals surface area contributed by atoms with Crippen molar-refractivity contribution in [2.75, 3.05) is 13.7 Å². The van der Waals surface area contributed by atoms with Gasteiger partial charge < -0.3 is 10.1 Å². The Morgan fingerprint density at radius 2 is 2.26 bits per heavy atom. The Morgan fingerprint density at radius 1 is 1.47 bits per heavy atom. The Balaban J connectivity index is 1.94. The topological polar surface area (TPSA) is 38.3 Å². The zero-order valence-corrected chi connectivity index (χ0v) is 11.6. The van der Waals surface area contributed by atoms with Crippen LogP contribution in [0.2, 0.25) is 0 Å². The van der Waals surface area contributed by atoms with Gasteiger partial charge in [-0.25, -0.2) is 4.79 Å². The number of hydrogen-bond acceptors (Lipinski definition) is 3. The zero-order valence-electron chi connectivity index (χ0n) is 11.6. The van der Waals surface area contributed by atoms with E-state index >= 15 is 0 Å². The molecule has 102 valence electrons. The second-order valence-corrected chi connectivity index (χ2v) is 4.77. The predicted octanol–water partition coefficient (Wildman–Crippen LogP) is 2.77. The summed E-state index contributed by atoms with van der Waals surface area (Å²) in [6.07, 6.45) is 4.91. The average molecular weight is 259 g/mol. The quantitative estimate of drug-likeness (QED) is 0.652. The summed E-state index contributed by atoms with van der Waals surface area (Å²) in [7, 11) is 1.42. The summed E-state index contributed by atoms with van der Waals surface area (Å²) in [5, 5.41) is 3.50. The molecular formula is C16H21NO2. The minimum absolute atomic E-state index is 0.226. The molecule has 0 aliphatic heterocycles. The number of fused-ring (bicyclic) bond motifs is 1.